The second kappa shape index (κ2) is 4.39. The van der Waals surface area contributed by atoms with Gasteiger partial charge in [-0.25, -0.2) is 0 Å². The van der Waals surface area contributed by atoms with Gasteiger partial charge in [-0.3, -0.25) is 0 Å². The van der Waals surface area contributed by atoms with Gasteiger partial charge < -0.3 is 20.1 Å². The molecule has 0 aliphatic carbocycles. The third-order valence-electron chi connectivity index (χ3n) is 3.14. The molecule has 0 bridgehead atoms. The van der Waals surface area contributed by atoms with E-state index in [2.05, 4.69) is 0 Å². The van der Waals surface area contributed by atoms with Crippen molar-refractivity contribution in [1.29, 1.82) is 0 Å². The molecule has 2 aromatic rings. The van der Waals surface area contributed by atoms with Crippen LogP contribution in [0.4, 0.5) is 0 Å². The molecule has 0 aliphatic heterocycles. The third kappa shape index (κ3) is 1.79. The van der Waals surface area contributed by atoms with Gasteiger partial charge in [-0.15, -0.1) is 0 Å². The van der Waals surface area contributed by atoms with Gasteiger partial charge in [-0.2, -0.15) is 0 Å². The van der Waals surface area contributed by atoms with Crippen molar-refractivity contribution < 1.29 is 9.84 Å². The number of aryl methyl sites for hydroxylation is 2. The molecule has 1 aromatic heterocycles. The monoisotopic (exact) mass is 234 g/mol. The van der Waals surface area contributed by atoms with Crippen LogP contribution in [0.3, 0.4) is 0 Å². The van der Waals surface area contributed by atoms with Gasteiger partial charge >= 0.3 is 0 Å². The normalized spacial score (nSPS) is 13.0. The molecule has 4 heteroatoms. The Bertz CT molecular complexity index is 546. The molecule has 0 spiro atoms. The first-order valence-electron chi connectivity index (χ1n) is 5.59. The molecular formula is C13H18N2O2. The summed E-state index contributed by atoms with van der Waals surface area (Å²) in [6.07, 6.45) is 1.96. The topological polar surface area (TPSA) is 60.4 Å². The minimum absolute atomic E-state index is 0.0598. The Balaban J connectivity index is 2.81. The van der Waals surface area contributed by atoms with E-state index in [-0.39, 0.29) is 12.6 Å². The molecular weight excluding hydrogens is 216 g/mol. The lowest BCUT2D eigenvalue weighted by Gasteiger charge is -2.09. The quantitative estimate of drug-likeness (QED) is 0.845. The summed E-state index contributed by atoms with van der Waals surface area (Å²) in [6, 6.07) is 3.60. The molecule has 0 radical (unpaired) electrons. The zero-order valence-corrected chi connectivity index (χ0v) is 10.4. The van der Waals surface area contributed by atoms with Crippen molar-refractivity contribution in [2.24, 2.45) is 12.8 Å². The number of benzene rings is 1. The lowest BCUT2D eigenvalue weighted by Crippen LogP contribution is -2.14. The first-order chi connectivity index (χ1) is 8.10. The Labute approximate surface area is 101 Å². The number of aromatic nitrogens is 1. The summed E-state index contributed by atoms with van der Waals surface area (Å²) in [5.74, 6) is 0.824. The third-order valence-corrected chi connectivity index (χ3v) is 3.14. The summed E-state index contributed by atoms with van der Waals surface area (Å²) in [6.45, 7) is 1.98. The molecule has 0 aliphatic rings. The zero-order chi connectivity index (χ0) is 12.6. The number of fused-ring (bicyclic) bond motifs is 1. The maximum Gasteiger partial charge on any atom is 0.143 e. The van der Waals surface area contributed by atoms with Crippen molar-refractivity contribution >= 4 is 10.9 Å². The van der Waals surface area contributed by atoms with Gasteiger partial charge in [0.05, 0.1) is 25.3 Å². The number of methoxy groups -OCH3 is 1. The number of ether oxygens (including phenoxy) is 1. The second-order valence-corrected chi connectivity index (χ2v) is 4.29. The molecule has 4 nitrogen and oxygen atoms in total. The highest BCUT2D eigenvalue weighted by molar-refractivity contribution is 5.92. The number of aliphatic hydroxyl groups excluding tert-OH is 1. The van der Waals surface area contributed by atoms with Crippen molar-refractivity contribution in [3.05, 3.63) is 29.5 Å². The molecule has 0 fully saturated rings. The number of nitrogens with zero attached hydrogens (tertiary/aromatic N) is 1. The van der Waals surface area contributed by atoms with Crippen LogP contribution in [0.1, 0.15) is 17.2 Å². The van der Waals surface area contributed by atoms with Crippen LogP contribution in [0.5, 0.6) is 5.75 Å². The van der Waals surface area contributed by atoms with Crippen LogP contribution in [0, 0.1) is 6.92 Å². The Morgan fingerprint density at radius 1 is 1.47 bits per heavy atom. The molecule has 1 atom stereocenters. The maximum absolute atomic E-state index is 9.21. The first-order valence-corrected chi connectivity index (χ1v) is 5.59. The fourth-order valence-corrected chi connectivity index (χ4v) is 2.27. The van der Waals surface area contributed by atoms with Crippen LogP contribution in [-0.4, -0.2) is 23.4 Å². The predicted octanol–water partition coefficient (Wildman–Crippen LogP) is 1.49. The van der Waals surface area contributed by atoms with Crippen LogP contribution in [0.15, 0.2) is 18.3 Å². The van der Waals surface area contributed by atoms with Crippen molar-refractivity contribution in [1.82, 2.24) is 4.57 Å². The van der Waals surface area contributed by atoms with Gasteiger partial charge in [0.25, 0.3) is 0 Å². The lowest BCUT2D eigenvalue weighted by molar-refractivity contribution is 0.268. The largest absolute Gasteiger partial charge is 0.495 e. The van der Waals surface area contributed by atoms with E-state index in [4.69, 9.17) is 10.5 Å². The van der Waals surface area contributed by atoms with E-state index in [1.807, 2.05) is 36.9 Å². The first kappa shape index (κ1) is 12.0. The van der Waals surface area contributed by atoms with Crippen LogP contribution < -0.4 is 10.5 Å². The van der Waals surface area contributed by atoms with E-state index in [0.29, 0.717) is 0 Å². The molecule has 92 valence electrons. The van der Waals surface area contributed by atoms with Gasteiger partial charge in [-0.1, -0.05) is 6.07 Å². The van der Waals surface area contributed by atoms with Crippen LogP contribution in [0.25, 0.3) is 10.9 Å². The Hall–Kier alpha value is -1.52. The van der Waals surface area contributed by atoms with Gasteiger partial charge in [0.1, 0.15) is 5.75 Å². The Morgan fingerprint density at radius 2 is 2.18 bits per heavy atom. The van der Waals surface area contributed by atoms with E-state index in [1.165, 1.54) is 0 Å². The van der Waals surface area contributed by atoms with E-state index >= 15 is 0 Å². The van der Waals surface area contributed by atoms with Gasteiger partial charge in [0, 0.05) is 18.6 Å². The van der Waals surface area contributed by atoms with Gasteiger partial charge in [0.2, 0.25) is 0 Å². The standard InChI is InChI=1S/C13H18N2O2/c1-8-4-5-11(17-3)13-12(8)9(6-15(13)2)10(14)7-16/h4-6,10,16H,7,14H2,1-3H3. The number of hydrogen-bond acceptors (Lipinski definition) is 3. The summed E-state index contributed by atoms with van der Waals surface area (Å²) >= 11 is 0. The summed E-state index contributed by atoms with van der Waals surface area (Å²) in [5.41, 5.74) is 9.05. The number of aliphatic hydroxyl groups is 1. The summed E-state index contributed by atoms with van der Waals surface area (Å²) in [7, 11) is 3.61. The number of rotatable bonds is 3. The van der Waals surface area contributed by atoms with Crippen molar-refractivity contribution in [3.8, 4) is 5.75 Å². The smallest absolute Gasteiger partial charge is 0.143 e. The predicted molar refractivity (Wildman–Crippen MR) is 68.2 cm³/mol. The highest BCUT2D eigenvalue weighted by Crippen LogP contribution is 2.34. The SMILES string of the molecule is COc1ccc(C)c2c(C(N)CO)cn(C)c12. The molecule has 3 N–H and O–H groups in total. The van der Waals surface area contributed by atoms with E-state index in [0.717, 1.165) is 27.8 Å². The molecule has 1 unspecified atom stereocenters. The van der Waals surface area contributed by atoms with E-state index < -0.39 is 0 Å². The lowest BCUT2D eigenvalue weighted by atomic mass is 10.0. The molecule has 17 heavy (non-hydrogen) atoms. The van der Waals surface area contributed by atoms with Crippen LogP contribution in [-0.2, 0) is 7.05 Å². The van der Waals surface area contributed by atoms with Gasteiger partial charge in [-0.05, 0) is 24.1 Å². The minimum atomic E-state index is -0.357. The zero-order valence-electron chi connectivity index (χ0n) is 10.4. The van der Waals surface area contributed by atoms with Crippen LogP contribution >= 0.6 is 0 Å². The molecule has 0 saturated carbocycles. The summed E-state index contributed by atoms with van der Waals surface area (Å²) in [5, 5.41) is 10.3. The van der Waals surface area contributed by atoms with Crippen molar-refractivity contribution in [3.63, 3.8) is 0 Å². The highest BCUT2D eigenvalue weighted by atomic mass is 16.5. The number of hydrogen-bond donors (Lipinski definition) is 2. The Morgan fingerprint density at radius 3 is 2.76 bits per heavy atom. The van der Waals surface area contributed by atoms with Crippen molar-refractivity contribution in [2.45, 2.75) is 13.0 Å². The maximum atomic E-state index is 9.21. The van der Waals surface area contributed by atoms with E-state index in [9.17, 15) is 5.11 Å². The molecule has 1 heterocycles. The van der Waals surface area contributed by atoms with E-state index in [1.54, 1.807) is 7.11 Å². The van der Waals surface area contributed by atoms with Crippen LogP contribution in [0.2, 0.25) is 0 Å². The molecule has 1 aromatic carbocycles. The molecule has 0 amide bonds. The van der Waals surface area contributed by atoms with Gasteiger partial charge in [0.15, 0.2) is 0 Å². The Kier molecular flexibility index (Phi) is 3.09. The summed E-state index contributed by atoms with van der Waals surface area (Å²) in [4.78, 5) is 0. The average molecular weight is 234 g/mol. The molecule has 2 rings (SSSR count). The second-order valence-electron chi connectivity index (χ2n) is 4.29. The fourth-order valence-electron chi connectivity index (χ4n) is 2.27. The summed E-state index contributed by atoms with van der Waals surface area (Å²) < 4.78 is 7.36. The number of nitrogens with two attached hydrogens (primary N) is 1. The molecule has 0 saturated heterocycles. The fraction of sp³-hybridized carbons (Fsp3) is 0.385. The highest BCUT2D eigenvalue weighted by Gasteiger charge is 2.17. The van der Waals surface area contributed by atoms with Crippen molar-refractivity contribution in [2.75, 3.05) is 13.7 Å². The minimum Gasteiger partial charge on any atom is -0.495 e. The average Bonchev–Trinajstić information content (AvgIpc) is 2.68.